The average molecular weight is 246 g/mol. The van der Waals surface area contributed by atoms with Gasteiger partial charge < -0.3 is 14.8 Å². The minimum absolute atomic E-state index is 0.251. The molecule has 0 radical (unpaired) electrons. The van der Waals surface area contributed by atoms with Crippen molar-refractivity contribution < 1.29 is 13.9 Å². The number of fused-ring (bicyclic) bond motifs is 1. The van der Waals surface area contributed by atoms with E-state index in [9.17, 15) is 4.39 Å². The summed E-state index contributed by atoms with van der Waals surface area (Å²) in [7, 11) is 0. The first kappa shape index (κ1) is 10.8. The molecule has 0 atom stereocenters. The van der Waals surface area contributed by atoms with Gasteiger partial charge in [-0.1, -0.05) is 12.1 Å². The molecule has 1 aliphatic rings. The highest BCUT2D eigenvalue weighted by Gasteiger charge is 2.16. The highest BCUT2D eigenvalue weighted by Crippen LogP contribution is 2.35. The second kappa shape index (κ2) is 4.52. The average Bonchev–Trinajstić information content (AvgIpc) is 2.87. The molecule has 92 valence electrons. The molecule has 1 aromatic carbocycles. The number of pyridine rings is 1. The summed E-state index contributed by atoms with van der Waals surface area (Å²) in [5.74, 6) is 1.78. The van der Waals surface area contributed by atoms with Crippen molar-refractivity contribution >= 4 is 5.82 Å². The Kier molecular flexibility index (Phi) is 2.72. The van der Waals surface area contributed by atoms with E-state index in [0.717, 1.165) is 17.1 Å². The fourth-order valence-electron chi connectivity index (χ4n) is 1.80. The lowest BCUT2D eigenvalue weighted by Gasteiger charge is -2.07. The number of hydrogen-bond donors (Lipinski definition) is 1. The highest BCUT2D eigenvalue weighted by atomic mass is 19.1. The van der Waals surface area contributed by atoms with Crippen LogP contribution in [0.15, 0.2) is 36.5 Å². The van der Waals surface area contributed by atoms with Gasteiger partial charge in [-0.3, -0.25) is 0 Å². The van der Waals surface area contributed by atoms with Gasteiger partial charge in [-0.25, -0.2) is 9.37 Å². The normalized spacial score (nSPS) is 12.5. The van der Waals surface area contributed by atoms with Gasteiger partial charge in [-0.05, 0) is 18.2 Å². The van der Waals surface area contributed by atoms with Crippen molar-refractivity contribution in [2.75, 3.05) is 12.1 Å². The molecular formula is C13H11FN2O2. The van der Waals surface area contributed by atoms with Crippen molar-refractivity contribution in [3.05, 3.63) is 47.9 Å². The Morgan fingerprint density at radius 2 is 2.17 bits per heavy atom. The molecule has 2 aromatic rings. The summed E-state index contributed by atoms with van der Waals surface area (Å²) in [6, 6.07) is 8.68. The molecule has 4 nitrogen and oxygen atoms in total. The number of aromatic nitrogens is 1. The van der Waals surface area contributed by atoms with Crippen molar-refractivity contribution in [3.63, 3.8) is 0 Å². The van der Waals surface area contributed by atoms with E-state index in [1.54, 1.807) is 6.07 Å². The first-order valence-corrected chi connectivity index (χ1v) is 5.56. The Morgan fingerprint density at radius 1 is 1.22 bits per heavy atom. The monoisotopic (exact) mass is 246 g/mol. The van der Waals surface area contributed by atoms with Gasteiger partial charge in [0.2, 0.25) is 6.79 Å². The molecule has 0 spiro atoms. The maximum absolute atomic E-state index is 12.7. The molecule has 2 heterocycles. The zero-order chi connectivity index (χ0) is 12.4. The molecule has 0 saturated carbocycles. The van der Waals surface area contributed by atoms with Crippen molar-refractivity contribution in [3.8, 4) is 11.5 Å². The first-order chi connectivity index (χ1) is 8.83. The van der Waals surface area contributed by atoms with Gasteiger partial charge in [0.1, 0.15) is 11.6 Å². The second-order valence-corrected chi connectivity index (χ2v) is 3.87. The summed E-state index contributed by atoms with van der Waals surface area (Å²) in [5, 5.41) is 3.10. The maximum Gasteiger partial charge on any atom is 0.231 e. The lowest BCUT2D eigenvalue weighted by Crippen LogP contribution is -2.02. The molecule has 0 bridgehead atoms. The highest BCUT2D eigenvalue weighted by molar-refractivity contribution is 5.49. The molecule has 1 N–H and O–H groups in total. The SMILES string of the molecule is Fc1ccc(NCc2cccc3c2OCO3)nc1. The van der Waals surface area contributed by atoms with Crippen LogP contribution in [0.3, 0.4) is 0 Å². The van der Waals surface area contributed by atoms with Gasteiger partial charge >= 0.3 is 0 Å². The Hall–Kier alpha value is -2.30. The number of para-hydroxylation sites is 1. The molecule has 0 saturated heterocycles. The van der Waals surface area contributed by atoms with Crippen LogP contribution in [0.25, 0.3) is 0 Å². The number of hydrogen-bond acceptors (Lipinski definition) is 4. The van der Waals surface area contributed by atoms with Crippen molar-refractivity contribution in [2.24, 2.45) is 0 Å². The molecule has 18 heavy (non-hydrogen) atoms. The fraction of sp³-hybridized carbons (Fsp3) is 0.154. The Morgan fingerprint density at radius 3 is 3.00 bits per heavy atom. The van der Waals surface area contributed by atoms with E-state index in [2.05, 4.69) is 10.3 Å². The predicted octanol–water partition coefficient (Wildman–Crippen LogP) is 2.56. The number of nitrogens with one attached hydrogen (secondary N) is 1. The van der Waals surface area contributed by atoms with Crippen LogP contribution < -0.4 is 14.8 Å². The largest absolute Gasteiger partial charge is 0.454 e. The third kappa shape index (κ3) is 2.07. The van der Waals surface area contributed by atoms with E-state index < -0.39 is 0 Å². The molecule has 1 aromatic heterocycles. The summed E-state index contributed by atoms with van der Waals surface area (Å²) < 4.78 is 23.4. The Labute approximate surface area is 103 Å². The van der Waals surface area contributed by atoms with E-state index in [1.807, 2.05) is 18.2 Å². The molecule has 1 aliphatic heterocycles. The van der Waals surface area contributed by atoms with Crippen LogP contribution in [-0.2, 0) is 6.54 Å². The minimum Gasteiger partial charge on any atom is -0.454 e. The zero-order valence-corrected chi connectivity index (χ0v) is 9.52. The summed E-state index contributed by atoms with van der Waals surface area (Å²) >= 11 is 0. The zero-order valence-electron chi connectivity index (χ0n) is 9.52. The van der Waals surface area contributed by atoms with Gasteiger partial charge in [0.05, 0.1) is 6.20 Å². The number of anilines is 1. The molecule has 3 rings (SSSR count). The summed E-state index contributed by atoms with van der Waals surface area (Å²) in [6.45, 7) is 0.798. The van der Waals surface area contributed by atoms with Crippen molar-refractivity contribution in [1.29, 1.82) is 0 Å². The number of halogens is 1. The Balaban J connectivity index is 1.74. The quantitative estimate of drug-likeness (QED) is 0.903. The van der Waals surface area contributed by atoms with Gasteiger partial charge in [0, 0.05) is 12.1 Å². The van der Waals surface area contributed by atoms with Crippen LogP contribution >= 0.6 is 0 Å². The van der Waals surface area contributed by atoms with Crippen LogP contribution in [0.1, 0.15) is 5.56 Å². The molecular weight excluding hydrogens is 235 g/mol. The van der Waals surface area contributed by atoms with Crippen LogP contribution in [-0.4, -0.2) is 11.8 Å². The number of nitrogens with zero attached hydrogens (tertiary/aromatic N) is 1. The van der Waals surface area contributed by atoms with E-state index in [0.29, 0.717) is 12.4 Å². The summed E-state index contributed by atoms with van der Waals surface area (Å²) in [6.07, 6.45) is 1.18. The van der Waals surface area contributed by atoms with Gasteiger partial charge in [0.25, 0.3) is 0 Å². The van der Waals surface area contributed by atoms with Gasteiger partial charge in [-0.2, -0.15) is 0 Å². The van der Waals surface area contributed by atoms with Crippen molar-refractivity contribution in [1.82, 2.24) is 4.98 Å². The summed E-state index contributed by atoms with van der Waals surface area (Å²) in [5.41, 5.74) is 0.983. The van der Waals surface area contributed by atoms with E-state index in [-0.39, 0.29) is 12.6 Å². The van der Waals surface area contributed by atoms with E-state index in [1.165, 1.54) is 12.3 Å². The lowest BCUT2D eigenvalue weighted by molar-refractivity contribution is 0.173. The molecule has 0 unspecified atom stereocenters. The van der Waals surface area contributed by atoms with Gasteiger partial charge in [-0.15, -0.1) is 0 Å². The topological polar surface area (TPSA) is 43.4 Å². The summed E-state index contributed by atoms with van der Waals surface area (Å²) in [4.78, 5) is 3.93. The molecule has 5 heteroatoms. The van der Waals surface area contributed by atoms with Crippen molar-refractivity contribution in [2.45, 2.75) is 6.54 Å². The third-order valence-corrected chi connectivity index (χ3v) is 2.67. The lowest BCUT2D eigenvalue weighted by atomic mass is 10.2. The fourth-order valence-corrected chi connectivity index (χ4v) is 1.80. The number of ether oxygens (including phenoxy) is 2. The van der Waals surface area contributed by atoms with Gasteiger partial charge in [0.15, 0.2) is 11.5 Å². The number of rotatable bonds is 3. The molecule has 0 amide bonds. The minimum atomic E-state index is -0.349. The van der Waals surface area contributed by atoms with Crippen LogP contribution in [0.2, 0.25) is 0 Å². The van der Waals surface area contributed by atoms with Crippen LogP contribution in [0.4, 0.5) is 10.2 Å². The number of benzene rings is 1. The first-order valence-electron chi connectivity index (χ1n) is 5.56. The second-order valence-electron chi connectivity index (χ2n) is 3.87. The van der Waals surface area contributed by atoms with E-state index >= 15 is 0 Å². The molecule has 0 aliphatic carbocycles. The molecule has 0 fully saturated rings. The van der Waals surface area contributed by atoms with Crippen LogP contribution in [0, 0.1) is 5.82 Å². The predicted molar refractivity (Wildman–Crippen MR) is 64.1 cm³/mol. The standard InChI is InChI=1S/C13H11FN2O2/c14-10-4-5-12(16-7-10)15-6-9-2-1-3-11-13(9)18-8-17-11/h1-5,7H,6,8H2,(H,15,16). The van der Waals surface area contributed by atoms with Crippen LogP contribution in [0.5, 0.6) is 11.5 Å². The van der Waals surface area contributed by atoms with E-state index in [4.69, 9.17) is 9.47 Å². The third-order valence-electron chi connectivity index (χ3n) is 2.67. The smallest absolute Gasteiger partial charge is 0.231 e. The maximum atomic E-state index is 12.7. The Bertz CT molecular complexity index is 557.